The number of nitrogens with one attached hydrogen (secondary N) is 1. The van der Waals surface area contributed by atoms with Crippen LogP contribution in [0.15, 0.2) is 18.3 Å². The Bertz CT molecular complexity index is 300. The topological polar surface area (TPSA) is 34.1 Å². The Morgan fingerprint density at radius 1 is 1.44 bits per heavy atom. The van der Waals surface area contributed by atoms with Crippen LogP contribution in [0, 0.1) is 5.92 Å². The fourth-order valence-corrected chi connectivity index (χ4v) is 1.85. The molecular formula is C12H19ClN2O. The lowest BCUT2D eigenvalue weighted by Crippen LogP contribution is -2.16. The van der Waals surface area contributed by atoms with E-state index in [1.807, 2.05) is 12.1 Å². The zero-order valence-electron chi connectivity index (χ0n) is 10.0. The van der Waals surface area contributed by atoms with Crippen LogP contribution in [-0.4, -0.2) is 24.0 Å². The molecule has 0 aliphatic heterocycles. The molecule has 1 aromatic rings. The first-order chi connectivity index (χ1) is 7.61. The normalized spacial score (nSPS) is 12.6. The Morgan fingerprint density at radius 2 is 2.19 bits per heavy atom. The SMILES string of the molecule is COc1ccc(NCC(Cl)CC(C)C)nc1. The summed E-state index contributed by atoms with van der Waals surface area (Å²) in [6.07, 6.45) is 2.69. The van der Waals surface area contributed by atoms with E-state index in [1.54, 1.807) is 13.3 Å². The zero-order chi connectivity index (χ0) is 12.0. The second-order valence-corrected chi connectivity index (χ2v) is 4.81. The maximum Gasteiger partial charge on any atom is 0.137 e. The van der Waals surface area contributed by atoms with Crippen LogP contribution in [-0.2, 0) is 0 Å². The van der Waals surface area contributed by atoms with Gasteiger partial charge in [-0.1, -0.05) is 13.8 Å². The summed E-state index contributed by atoms with van der Waals surface area (Å²) in [5.41, 5.74) is 0. The molecule has 0 aromatic carbocycles. The van der Waals surface area contributed by atoms with Gasteiger partial charge in [0.05, 0.1) is 18.7 Å². The van der Waals surface area contributed by atoms with Gasteiger partial charge in [-0.15, -0.1) is 11.6 Å². The van der Waals surface area contributed by atoms with Gasteiger partial charge in [0.2, 0.25) is 0 Å². The van der Waals surface area contributed by atoms with Crippen molar-refractivity contribution in [3.8, 4) is 5.75 Å². The number of anilines is 1. The third-order valence-corrected chi connectivity index (χ3v) is 2.54. The molecule has 0 amide bonds. The van der Waals surface area contributed by atoms with E-state index in [-0.39, 0.29) is 5.38 Å². The number of alkyl halides is 1. The van der Waals surface area contributed by atoms with Crippen molar-refractivity contribution in [1.29, 1.82) is 0 Å². The van der Waals surface area contributed by atoms with Crippen LogP contribution in [0.3, 0.4) is 0 Å². The summed E-state index contributed by atoms with van der Waals surface area (Å²) in [7, 11) is 1.63. The van der Waals surface area contributed by atoms with Crippen LogP contribution in [0.4, 0.5) is 5.82 Å². The fourth-order valence-electron chi connectivity index (χ4n) is 1.42. The van der Waals surface area contributed by atoms with Crippen LogP contribution >= 0.6 is 11.6 Å². The predicted molar refractivity (Wildman–Crippen MR) is 68.4 cm³/mol. The Kier molecular flexibility index (Phi) is 5.39. The third kappa shape index (κ3) is 4.71. The molecule has 0 radical (unpaired) electrons. The first-order valence-corrected chi connectivity index (χ1v) is 5.93. The van der Waals surface area contributed by atoms with Crippen LogP contribution < -0.4 is 10.1 Å². The summed E-state index contributed by atoms with van der Waals surface area (Å²) >= 11 is 6.17. The quantitative estimate of drug-likeness (QED) is 0.779. The van der Waals surface area contributed by atoms with E-state index < -0.39 is 0 Å². The highest BCUT2D eigenvalue weighted by molar-refractivity contribution is 6.20. The number of hydrogen-bond donors (Lipinski definition) is 1. The van der Waals surface area contributed by atoms with Crippen LogP contribution in [0.25, 0.3) is 0 Å². The van der Waals surface area contributed by atoms with E-state index in [0.29, 0.717) is 5.92 Å². The standard InChI is InChI=1S/C12H19ClN2O/c1-9(2)6-10(13)7-14-12-5-4-11(16-3)8-15-12/h4-5,8-10H,6-7H2,1-3H3,(H,14,15). The minimum atomic E-state index is 0.143. The monoisotopic (exact) mass is 242 g/mol. The van der Waals surface area contributed by atoms with Crippen molar-refractivity contribution in [2.24, 2.45) is 5.92 Å². The van der Waals surface area contributed by atoms with E-state index in [2.05, 4.69) is 24.1 Å². The molecule has 90 valence electrons. The number of methoxy groups -OCH3 is 1. The minimum Gasteiger partial charge on any atom is -0.495 e. The molecule has 1 rings (SSSR count). The van der Waals surface area contributed by atoms with Crippen molar-refractivity contribution in [3.63, 3.8) is 0 Å². The Morgan fingerprint density at radius 3 is 2.69 bits per heavy atom. The second kappa shape index (κ2) is 6.59. The number of pyridine rings is 1. The van der Waals surface area contributed by atoms with Gasteiger partial charge in [-0.25, -0.2) is 4.98 Å². The number of hydrogen-bond acceptors (Lipinski definition) is 3. The van der Waals surface area contributed by atoms with Gasteiger partial charge in [0, 0.05) is 6.54 Å². The molecular weight excluding hydrogens is 224 g/mol. The summed E-state index contributed by atoms with van der Waals surface area (Å²) in [5, 5.41) is 3.34. The molecule has 0 aliphatic rings. The summed E-state index contributed by atoms with van der Waals surface area (Å²) in [4.78, 5) is 4.21. The lowest BCUT2D eigenvalue weighted by atomic mass is 10.1. The molecule has 1 aromatic heterocycles. The van der Waals surface area contributed by atoms with Gasteiger partial charge in [0.1, 0.15) is 11.6 Å². The number of ether oxygens (including phenoxy) is 1. The van der Waals surface area contributed by atoms with Gasteiger partial charge in [-0.2, -0.15) is 0 Å². The molecule has 1 unspecified atom stereocenters. The molecule has 1 N–H and O–H groups in total. The van der Waals surface area contributed by atoms with Gasteiger partial charge in [-0.05, 0) is 24.5 Å². The molecule has 3 nitrogen and oxygen atoms in total. The van der Waals surface area contributed by atoms with Crippen LogP contribution in [0.5, 0.6) is 5.75 Å². The van der Waals surface area contributed by atoms with Crippen molar-refractivity contribution in [2.45, 2.75) is 25.6 Å². The number of nitrogens with zero attached hydrogens (tertiary/aromatic N) is 1. The molecule has 0 aliphatic carbocycles. The van der Waals surface area contributed by atoms with Crippen LogP contribution in [0.1, 0.15) is 20.3 Å². The van der Waals surface area contributed by atoms with Gasteiger partial charge < -0.3 is 10.1 Å². The van der Waals surface area contributed by atoms with E-state index in [0.717, 1.165) is 24.5 Å². The maximum atomic E-state index is 6.17. The third-order valence-electron chi connectivity index (χ3n) is 2.20. The Balaban J connectivity index is 2.36. The molecule has 0 bridgehead atoms. The maximum absolute atomic E-state index is 6.17. The first kappa shape index (κ1) is 13.1. The predicted octanol–water partition coefficient (Wildman–Crippen LogP) is 3.16. The van der Waals surface area contributed by atoms with Gasteiger partial charge in [-0.3, -0.25) is 0 Å². The lowest BCUT2D eigenvalue weighted by Gasteiger charge is -2.13. The van der Waals surface area contributed by atoms with Crippen molar-refractivity contribution in [2.75, 3.05) is 19.0 Å². The number of rotatable bonds is 6. The van der Waals surface area contributed by atoms with Gasteiger partial charge in [0.25, 0.3) is 0 Å². The average Bonchev–Trinajstić information content (AvgIpc) is 2.26. The van der Waals surface area contributed by atoms with Gasteiger partial charge >= 0.3 is 0 Å². The molecule has 16 heavy (non-hydrogen) atoms. The first-order valence-electron chi connectivity index (χ1n) is 5.49. The molecule has 0 saturated carbocycles. The fraction of sp³-hybridized carbons (Fsp3) is 0.583. The van der Waals surface area contributed by atoms with E-state index in [9.17, 15) is 0 Å². The molecule has 0 saturated heterocycles. The van der Waals surface area contributed by atoms with Crippen molar-refractivity contribution >= 4 is 17.4 Å². The van der Waals surface area contributed by atoms with Crippen LogP contribution in [0.2, 0.25) is 0 Å². The zero-order valence-corrected chi connectivity index (χ0v) is 10.8. The Hall–Kier alpha value is -0.960. The smallest absolute Gasteiger partial charge is 0.137 e. The molecule has 1 atom stereocenters. The summed E-state index contributed by atoms with van der Waals surface area (Å²) in [6.45, 7) is 5.07. The van der Waals surface area contributed by atoms with E-state index >= 15 is 0 Å². The number of halogens is 1. The summed E-state index contributed by atoms with van der Waals surface area (Å²) < 4.78 is 5.03. The van der Waals surface area contributed by atoms with E-state index in [4.69, 9.17) is 16.3 Å². The lowest BCUT2D eigenvalue weighted by molar-refractivity contribution is 0.413. The molecule has 4 heteroatoms. The van der Waals surface area contributed by atoms with E-state index in [1.165, 1.54) is 0 Å². The highest BCUT2D eigenvalue weighted by atomic mass is 35.5. The molecule has 0 fully saturated rings. The highest BCUT2D eigenvalue weighted by Crippen LogP contribution is 2.14. The highest BCUT2D eigenvalue weighted by Gasteiger charge is 2.07. The molecule has 1 heterocycles. The van der Waals surface area contributed by atoms with Crippen molar-refractivity contribution in [1.82, 2.24) is 4.98 Å². The number of aromatic nitrogens is 1. The van der Waals surface area contributed by atoms with Crippen molar-refractivity contribution < 1.29 is 4.74 Å². The second-order valence-electron chi connectivity index (χ2n) is 4.19. The largest absolute Gasteiger partial charge is 0.495 e. The van der Waals surface area contributed by atoms with Crippen molar-refractivity contribution in [3.05, 3.63) is 18.3 Å². The van der Waals surface area contributed by atoms with Gasteiger partial charge in [0.15, 0.2) is 0 Å². The average molecular weight is 243 g/mol. The summed E-state index contributed by atoms with van der Waals surface area (Å²) in [5.74, 6) is 2.21. The minimum absolute atomic E-state index is 0.143. The molecule has 0 spiro atoms. The summed E-state index contributed by atoms with van der Waals surface area (Å²) in [6, 6.07) is 3.76. The Labute approximate surface area is 102 Å².